The van der Waals surface area contributed by atoms with Gasteiger partial charge in [0.2, 0.25) is 5.91 Å². The van der Waals surface area contributed by atoms with Crippen LogP contribution in [0.15, 0.2) is 30.5 Å². The number of hydrogen-bond acceptors (Lipinski definition) is 5. The molecule has 4 aliphatic rings. The molecule has 2 aliphatic heterocycles. The maximum absolute atomic E-state index is 13.4. The number of rotatable bonds is 5. The standard InChI is InChI=1S/C30H36F3N3O3/c1-19-13-21-14-26-29(38)8-12-35(27(37)16-23-15-22(5-9-34-23)30(31,32)33)10-6-28(29,24(21)17-25(19)39-2)7-11-36(26)18-20-3-4-20/h5,9,13,15,17,20,26,38H,3-4,6-8,10-12,14,16,18H2,1-2H3/t26-,28+,29-/m1/s1. The highest BCUT2D eigenvalue weighted by molar-refractivity contribution is 5.78. The van der Waals surface area contributed by atoms with Gasteiger partial charge in [-0.05, 0) is 92.8 Å². The van der Waals surface area contributed by atoms with Crippen molar-refractivity contribution >= 4 is 5.91 Å². The van der Waals surface area contributed by atoms with Crippen LogP contribution in [0.3, 0.4) is 0 Å². The molecule has 2 bridgehead atoms. The molecule has 0 spiro atoms. The number of hydrogen-bond donors (Lipinski definition) is 1. The Hall–Kier alpha value is -2.65. The molecule has 2 aromatic rings. The molecule has 3 fully saturated rings. The Balaban J connectivity index is 1.32. The fourth-order valence-electron chi connectivity index (χ4n) is 7.53. The second kappa shape index (κ2) is 9.47. The van der Waals surface area contributed by atoms with E-state index in [2.05, 4.69) is 22.0 Å². The van der Waals surface area contributed by atoms with Crippen molar-refractivity contribution in [3.8, 4) is 5.75 Å². The van der Waals surface area contributed by atoms with Gasteiger partial charge in [-0.1, -0.05) is 6.07 Å². The van der Waals surface area contributed by atoms with E-state index in [0.717, 1.165) is 61.1 Å². The van der Waals surface area contributed by atoms with Gasteiger partial charge in [-0.2, -0.15) is 13.2 Å². The number of alkyl halides is 3. The Morgan fingerprint density at radius 2 is 1.90 bits per heavy atom. The fraction of sp³-hybridized carbons (Fsp3) is 0.600. The lowest BCUT2D eigenvalue weighted by molar-refractivity contribution is -0.149. The number of piperidine rings is 1. The zero-order chi connectivity index (χ0) is 27.6. The first-order valence-corrected chi connectivity index (χ1v) is 14.0. The Kier molecular flexibility index (Phi) is 6.45. The zero-order valence-corrected chi connectivity index (χ0v) is 22.6. The predicted molar refractivity (Wildman–Crippen MR) is 140 cm³/mol. The van der Waals surface area contributed by atoms with Crippen molar-refractivity contribution in [2.75, 3.05) is 33.3 Å². The number of methoxy groups -OCH3 is 1. The summed E-state index contributed by atoms with van der Waals surface area (Å²) in [4.78, 5) is 21.6. The van der Waals surface area contributed by atoms with Crippen molar-refractivity contribution in [1.29, 1.82) is 0 Å². The van der Waals surface area contributed by atoms with Gasteiger partial charge in [-0.3, -0.25) is 14.7 Å². The molecule has 1 aromatic heterocycles. The molecule has 2 saturated heterocycles. The molecule has 1 amide bonds. The number of benzene rings is 1. The second-order valence-electron chi connectivity index (χ2n) is 12.0. The van der Waals surface area contributed by atoms with Gasteiger partial charge in [0.25, 0.3) is 0 Å². The van der Waals surface area contributed by atoms with E-state index in [0.29, 0.717) is 31.8 Å². The van der Waals surface area contributed by atoms with Gasteiger partial charge < -0.3 is 14.7 Å². The van der Waals surface area contributed by atoms with E-state index < -0.39 is 22.8 Å². The number of aromatic nitrogens is 1. The number of amides is 1. The molecule has 0 radical (unpaired) electrons. The molecule has 6 rings (SSSR count). The minimum atomic E-state index is -4.49. The summed E-state index contributed by atoms with van der Waals surface area (Å²) in [5, 5.41) is 12.7. The van der Waals surface area contributed by atoms with Gasteiger partial charge in [0.1, 0.15) is 5.75 Å². The highest BCUT2D eigenvalue weighted by Gasteiger charge is 2.63. The van der Waals surface area contributed by atoms with E-state index in [1.807, 2.05) is 6.92 Å². The molecule has 39 heavy (non-hydrogen) atoms. The van der Waals surface area contributed by atoms with E-state index in [1.54, 1.807) is 12.0 Å². The monoisotopic (exact) mass is 543 g/mol. The smallest absolute Gasteiger partial charge is 0.416 e. The van der Waals surface area contributed by atoms with Crippen molar-refractivity contribution < 1.29 is 27.8 Å². The lowest BCUT2D eigenvalue weighted by atomic mass is 9.52. The summed E-state index contributed by atoms with van der Waals surface area (Å²) < 4.78 is 45.3. The number of likely N-dealkylation sites (tertiary alicyclic amines) is 2. The summed E-state index contributed by atoms with van der Waals surface area (Å²) in [5.74, 6) is 1.24. The normalized spacial score (nSPS) is 28.9. The molecule has 9 heteroatoms. The second-order valence-corrected chi connectivity index (χ2v) is 12.0. The summed E-state index contributed by atoms with van der Waals surface area (Å²) in [6.45, 7) is 4.75. The molecular weight excluding hydrogens is 507 g/mol. The number of ether oxygens (including phenoxy) is 1. The molecule has 1 aromatic carbocycles. The Bertz CT molecular complexity index is 1280. The first kappa shape index (κ1) is 26.6. The van der Waals surface area contributed by atoms with Crippen LogP contribution < -0.4 is 4.74 Å². The first-order chi connectivity index (χ1) is 18.5. The third kappa shape index (κ3) is 4.51. The van der Waals surface area contributed by atoms with Crippen LogP contribution in [0.2, 0.25) is 0 Å². The highest BCUT2D eigenvalue weighted by Crippen LogP contribution is 2.57. The van der Waals surface area contributed by atoms with E-state index in [1.165, 1.54) is 18.4 Å². The van der Waals surface area contributed by atoms with Gasteiger partial charge in [-0.25, -0.2) is 0 Å². The zero-order valence-electron chi connectivity index (χ0n) is 22.6. The summed E-state index contributed by atoms with van der Waals surface area (Å²) >= 11 is 0. The van der Waals surface area contributed by atoms with Gasteiger partial charge in [0.05, 0.1) is 30.4 Å². The number of pyridine rings is 1. The molecular formula is C30H36F3N3O3. The van der Waals surface area contributed by atoms with E-state index in [9.17, 15) is 23.1 Å². The van der Waals surface area contributed by atoms with Gasteiger partial charge in [0.15, 0.2) is 0 Å². The summed E-state index contributed by atoms with van der Waals surface area (Å²) in [5.41, 5.74) is 1.21. The van der Waals surface area contributed by atoms with Crippen LogP contribution in [-0.2, 0) is 29.2 Å². The van der Waals surface area contributed by atoms with Crippen LogP contribution in [0.1, 0.15) is 60.1 Å². The van der Waals surface area contributed by atoms with Gasteiger partial charge in [-0.15, -0.1) is 0 Å². The maximum atomic E-state index is 13.4. The average molecular weight is 544 g/mol. The number of aryl methyl sites for hydroxylation is 1. The van der Waals surface area contributed by atoms with Crippen molar-refractivity contribution in [1.82, 2.24) is 14.8 Å². The maximum Gasteiger partial charge on any atom is 0.416 e. The average Bonchev–Trinajstić information content (AvgIpc) is 3.72. The third-order valence-electron chi connectivity index (χ3n) is 9.79. The number of carbonyl (C=O) groups excluding carboxylic acids is 1. The quantitative estimate of drug-likeness (QED) is 0.610. The van der Waals surface area contributed by atoms with Crippen LogP contribution in [0.25, 0.3) is 0 Å². The summed E-state index contributed by atoms with van der Waals surface area (Å²) in [6, 6.07) is 6.14. The summed E-state index contributed by atoms with van der Waals surface area (Å²) in [7, 11) is 1.66. The third-order valence-corrected chi connectivity index (χ3v) is 9.79. The van der Waals surface area contributed by atoms with Gasteiger partial charge in [0, 0.05) is 37.3 Å². The summed E-state index contributed by atoms with van der Waals surface area (Å²) in [6.07, 6.45) is 1.48. The van der Waals surface area contributed by atoms with Crippen molar-refractivity contribution in [3.63, 3.8) is 0 Å². The van der Waals surface area contributed by atoms with E-state index in [4.69, 9.17) is 4.74 Å². The predicted octanol–water partition coefficient (Wildman–Crippen LogP) is 4.29. The largest absolute Gasteiger partial charge is 0.496 e. The number of halogens is 3. The van der Waals surface area contributed by atoms with Crippen molar-refractivity contribution in [2.24, 2.45) is 5.92 Å². The van der Waals surface area contributed by atoms with Crippen LogP contribution >= 0.6 is 0 Å². The Morgan fingerprint density at radius 3 is 2.62 bits per heavy atom. The van der Waals surface area contributed by atoms with Crippen LogP contribution in [0, 0.1) is 12.8 Å². The topological polar surface area (TPSA) is 65.9 Å². The van der Waals surface area contributed by atoms with Gasteiger partial charge >= 0.3 is 6.18 Å². The molecule has 0 unspecified atom stereocenters. The fourth-order valence-corrected chi connectivity index (χ4v) is 7.53. The highest BCUT2D eigenvalue weighted by atomic mass is 19.4. The number of nitrogens with zero attached hydrogens (tertiary/aromatic N) is 3. The molecule has 1 saturated carbocycles. The molecule has 1 N–H and O–H groups in total. The van der Waals surface area contributed by atoms with Crippen molar-refractivity contribution in [3.05, 3.63) is 58.4 Å². The molecule has 6 nitrogen and oxygen atoms in total. The van der Waals surface area contributed by atoms with E-state index in [-0.39, 0.29) is 24.1 Å². The van der Waals surface area contributed by atoms with E-state index >= 15 is 0 Å². The molecule has 3 heterocycles. The van der Waals surface area contributed by atoms with Crippen LogP contribution in [-0.4, -0.2) is 70.7 Å². The lowest BCUT2D eigenvalue weighted by Crippen LogP contribution is -2.71. The van der Waals surface area contributed by atoms with Crippen molar-refractivity contribution in [2.45, 2.75) is 75.1 Å². The molecule has 2 aliphatic carbocycles. The molecule has 210 valence electrons. The molecule has 3 atom stereocenters. The minimum Gasteiger partial charge on any atom is -0.496 e. The lowest BCUT2D eigenvalue weighted by Gasteiger charge is -2.61. The van der Waals surface area contributed by atoms with Crippen LogP contribution in [0.4, 0.5) is 13.2 Å². The Labute approximate surface area is 227 Å². The number of fused-ring (bicyclic) bond motifs is 1. The first-order valence-electron chi connectivity index (χ1n) is 14.0. The SMILES string of the molecule is COc1cc2c(cc1C)C[C@H]1N(CC3CC3)CC[C@@]23CCN(C(=O)Cc2cc(C(F)(F)F)ccn2)CC[C@@]13O. The number of carbonyl (C=O) groups is 1. The Morgan fingerprint density at radius 1 is 1.15 bits per heavy atom. The van der Waals surface area contributed by atoms with Crippen LogP contribution in [0.5, 0.6) is 5.75 Å². The number of aliphatic hydroxyl groups is 1. The minimum absolute atomic E-state index is 0.0349.